The molecule has 2 aromatic carbocycles. The largest absolute Gasteiger partial charge is 0.497 e. The van der Waals surface area contributed by atoms with Crippen LogP contribution >= 0.6 is 11.3 Å². The Morgan fingerprint density at radius 2 is 2.03 bits per heavy atom. The Bertz CT molecular complexity index is 1220. The van der Waals surface area contributed by atoms with E-state index < -0.39 is 0 Å². The molecular formula is C25H27N5O2S. The monoisotopic (exact) mass is 461 g/mol. The maximum Gasteiger partial charge on any atom is 0.230 e. The molecule has 1 aliphatic rings. The molecule has 0 bridgehead atoms. The third-order valence-electron chi connectivity index (χ3n) is 6.14. The third-order valence-corrected chi connectivity index (χ3v) is 6.83. The molecule has 33 heavy (non-hydrogen) atoms. The van der Waals surface area contributed by atoms with Crippen molar-refractivity contribution >= 4 is 33.4 Å². The SMILES string of the molecule is COc1ccc(Cn2c(CN3CCC[C@@H](C(=O)Nc4nccs4)C3)nc3ccccc32)cc1. The number of nitrogens with zero attached hydrogens (tertiary/aromatic N) is 4. The van der Waals surface area contributed by atoms with E-state index in [-0.39, 0.29) is 11.8 Å². The highest BCUT2D eigenvalue weighted by Gasteiger charge is 2.27. The van der Waals surface area contributed by atoms with Gasteiger partial charge < -0.3 is 14.6 Å². The highest BCUT2D eigenvalue weighted by molar-refractivity contribution is 7.13. The van der Waals surface area contributed by atoms with E-state index in [1.54, 1.807) is 13.3 Å². The second-order valence-electron chi connectivity index (χ2n) is 8.35. The van der Waals surface area contributed by atoms with Crippen molar-refractivity contribution in [2.45, 2.75) is 25.9 Å². The normalized spacial score (nSPS) is 16.7. The molecule has 0 unspecified atom stereocenters. The van der Waals surface area contributed by atoms with E-state index in [9.17, 15) is 4.79 Å². The zero-order chi connectivity index (χ0) is 22.6. The van der Waals surface area contributed by atoms with Crippen molar-refractivity contribution in [1.29, 1.82) is 0 Å². The third kappa shape index (κ3) is 4.91. The topological polar surface area (TPSA) is 72.3 Å². The molecule has 0 saturated carbocycles. The molecule has 0 radical (unpaired) electrons. The first kappa shape index (κ1) is 21.6. The molecule has 3 heterocycles. The van der Waals surface area contributed by atoms with E-state index >= 15 is 0 Å². The minimum absolute atomic E-state index is 0.0398. The molecule has 5 rings (SSSR count). The quantitative estimate of drug-likeness (QED) is 0.442. The number of benzene rings is 2. The summed E-state index contributed by atoms with van der Waals surface area (Å²) in [6.45, 7) is 3.14. The molecule has 0 spiro atoms. The first-order valence-electron chi connectivity index (χ1n) is 11.2. The second kappa shape index (κ2) is 9.72. The van der Waals surface area contributed by atoms with Crippen LogP contribution in [0.15, 0.2) is 60.1 Å². The Morgan fingerprint density at radius 1 is 1.18 bits per heavy atom. The van der Waals surface area contributed by atoms with Gasteiger partial charge in [0, 0.05) is 24.7 Å². The zero-order valence-electron chi connectivity index (χ0n) is 18.6. The van der Waals surface area contributed by atoms with Gasteiger partial charge in [0.1, 0.15) is 11.6 Å². The average molecular weight is 462 g/mol. The van der Waals surface area contributed by atoms with Crippen LogP contribution in [0.4, 0.5) is 5.13 Å². The Labute approximate surface area is 197 Å². The molecular weight excluding hydrogens is 434 g/mol. The lowest BCUT2D eigenvalue weighted by molar-refractivity contribution is -0.121. The van der Waals surface area contributed by atoms with Gasteiger partial charge in [-0.15, -0.1) is 11.3 Å². The maximum absolute atomic E-state index is 12.8. The number of piperidine rings is 1. The van der Waals surface area contributed by atoms with Gasteiger partial charge in [-0.3, -0.25) is 9.69 Å². The number of carbonyl (C=O) groups is 1. The molecule has 1 amide bonds. The molecule has 2 aromatic heterocycles. The number of aromatic nitrogens is 3. The van der Waals surface area contributed by atoms with Gasteiger partial charge in [0.2, 0.25) is 5.91 Å². The summed E-state index contributed by atoms with van der Waals surface area (Å²) in [5.41, 5.74) is 3.31. The maximum atomic E-state index is 12.8. The number of imidazole rings is 1. The number of thiazole rings is 1. The van der Waals surface area contributed by atoms with Gasteiger partial charge in [-0.25, -0.2) is 9.97 Å². The Hall–Kier alpha value is -3.23. The molecule has 1 fully saturated rings. The number of ether oxygens (including phenoxy) is 1. The number of rotatable bonds is 7. The van der Waals surface area contributed by atoms with Gasteiger partial charge in [-0.05, 0) is 49.2 Å². The number of nitrogens with one attached hydrogen (secondary N) is 1. The predicted molar refractivity (Wildman–Crippen MR) is 131 cm³/mol. The summed E-state index contributed by atoms with van der Waals surface area (Å²) in [7, 11) is 1.68. The molecule has 4 aromatic rings. The predicted octanol–water partition coefficient (Wildman–Crippen LogP) is 4.40. The lowest BCUT2D eigenvalue weighted by Gasteiger charge is -2.31. The number of anilines is 1. The van der Waals surface area contributed by atoms with Crippen molar-refractivity contribution < 1.29 is 9.53 Å². The Morgan fingerprint density at radius 3 is 2.82 bits per heavy atom. The molecule has 1 aliphatic heterocycles. The van der Waals surface area contributed by atoms with Crippen LogP contribution in [0.3, 0.4) is 0 Å². The van der Waals surface area contributed by atoms with Crippen LogP contribution in [-0.2, 0) is 17.9 Å². The van der Waals surface area contributed by atoms with Crippen LogP contribution < -0.4 is 10.1 Å². The highest BCUT2D eigenvalue weighted by Crippen LogP contribution is 2.24. The van der Waals surface area contributed by atoms with Gasteiger partial charge in [-0.1, -0.05) is 24.3 Å². The summed E-state index contributed by atoms with van der Waals surface area (Å²) in [6, 6.07) is 16.4. The van der Waals surface area contributed by atoms with Crippen LogP contribution in [0, 0.1) is 5.92 Å². The fourth-order valence-electron chi connectivity index (χ4n) is 4.44. The van der Waals surface area contributed by atoms with Crippen molar-refractivity contribution in [3.8, 4) is 5.75 Å². The lowest BCUT2D eigenvalue weighted by Crippen LogP contribution is -2.40. The minimum Gasteiger partial charge on any atom is -0.497 e. The first-order valence-corrected chi connectivity index (χ1v) is 12.1. The number of para-hydroxylation sites is 2. The first-order chi connectivity index (χ1) is 16.2. The fraction of sp³-hybridized carbons (Fsp3) is 0.320. The number of amides is 1. The Balaban J connectivity index is 1.34. The van der Waals surface area contributed by atoms with Gasteiger partial charge >= 0.3 is 0 Å². The molecule has 0 aliphatic carbocycles. The van der Waals surface area contributed by atoms with E-state index in [0.717, 1.165) is 55.1 Å². The van der Waals surface area contributed by atoms with Crippen LogP contribution in [0.5, 0.6) is 5.75 Å². The lowest BCUT2D eigenvalue weighted by atomic mass is 9.97. The smallest absolute Gasteiger partial charge is 0.230 e. The highest BCUT2D eigenvalue weighted by atomic mass is 32.1. The number of hydrogen-bond donors (Lipinski definition) is 1. The number of likely N-dealkylation sites (tertiary alicyclic amines) is 1. The van der Waals surface area contributed by atoms with Crippen molar-refractivity contribution in [1.82, 2.24) is 19.4 Å². The summed E-state index contributed by atoms with van der Waals surface area (Å²) in [5.74, 6) is 1.89. The Kier molecular flexibility index (Phi) is 6.37. The summed E-state index contributed by atoms with van der Waals surface area (Å²) in [4.78, 5) is 24.2. The average Bonchev–Trinajstić information content (AvgIpc) is 3.48. The van der Waals surface area contributed by atoms with Crippen LogP contribution in [-0.4, -0.2) is 45.5 Å². The van der Waals surface area contributed by atoms with E-state index in [0.29, 0.717) is 11.7 Å². The minimum atomic E-state index is -0.0398. The molecule has 1 saturated heterocycles. The van der Waals surface area contributed by atoms with E-state index in [1.165, 1.54) is 16.9 Å². The van der Waals surface area contributed by atoms with Gasteiger partial charge in [0.25, 0.3) is 0 Å². The fourth-order valence-corrected chi connectivity index (χ4v) is 4.97. The zero-order valence-corrected chi connectivity index (χ0v) is 19.4. The van der Waals surface area contributed by atoms with Gasteiger partial charge in [0.15, 0.2) is 5.13 Å². The number of fused-ring (bicyclic) bond motifs is 1. The van der Waals surface area contributed by atoms with E-state index in [1.807, 2.05) is 23.6 Å². The van der Waals surface area contributed by atoms with Gasteiger partial charge in [0.05, 0.1) is 30.6 Å². The van der Waals surface area contributed by atoms with Crippen LogP contribution in [0.1, 0.15) is 24.2 Å². The number of methoxy groups -OCH3 is 1. The van der Waals surface area contributed by atoms with Crippen LogP contribution in [0.25, 0.3) is 11.0 Å². The van der Waals surface area contributed by atoms with Crippen LogP contribution in [0.2, 0.25) is 0 Å². The van der Waals surface area contributed by atoms with Gasteiger partial charge in [-0.2, -0.15) is 0 Å². The molecule has 8 heteroatoms. The summed E-state index contributed by atoms with van der Waals surface area (Å²) >= 11 is 1.45. The second-order valence-corrected chi connectivity index (χ2v) is 9.25. The summed E-state index contributed by atoms with van der Waals surface area (Å²) < 4.78 is 7.59. The molecule has 7 nitrogen and oxygen atoms in total. The van der Waals surface area contributed by atoms with E-state index in [4.69, 9.17) is 9.72 Å². The number of hydrogen-bond acceptors (Lipinski definition) is 6. The summed E-state index contributed by atoms with van der Waals surface area (Å²) in [5, 5.41) is 5.50. The van der Waals surface area contributed by atoms with Crippen molar-refractivity contribution in [2.75, 3.05) is 25.5 Å². The number of carbonyl (C=O) groups excluding carboxylic acids is 1. The summed E-state index contributed by atoms with van der Waals surface area (Å²) in [6.07, 6.45) is 3.60. The van der Waals surface area contributed by atoms with E-state index in [2.05, 4.69) is 50.1 Å². The standard InChI is InChI=1S/C25H27N5O2S/c1-32-20-10-8-18(9-11-20)15-30-22-7-3-2-6-21(22)27-23(30)17-29-13-4-5-19(16-29)24(31)28-25-26-12-14-33-25/h2-3,6-12,14,19H,4-5,13,15-17H2,1H3,(H,26,28,31)/t19-/m1/s1. The molecule has 170 valence electrons. The van der Waals surface area contributed by atoms with Crippen molar-refractivity contribution in [3.05, 3.63) is 71.5 Å². The molecule has 1 atom stereocenters. The molecule has 1 N–H and O–H groups in total. The van der Waals surface area contributed by atoms with Crippen molar-refractivity contribution in [2.24, 2.45) is 5.92 Å². The van der Waals surface area contributed by atoms with Crippen molar-refractivity contribution in [3.63, 3.8) is 0 Å².